The highest BCUT2D eigenvalue weighted by molar-refractivity contribution is 6.31. The Morgan fingerprint density at radius 3 is 2.52 bits per heavy atom. The molecule has 6 heteroatoms. The number of hydrogen-bond donors (Lipinski definition) is 3. The molecule has 0 aromatic heterocycles. The topological polar surface area (TPSA) is 78.4 Å². The van der Waals surface area contributed by atoms with Gasteiger partial charge in [0.05, 0.1) is 6.42 Å². The van der Waals surface area contributed by atoms with Crippen molar-refractivity contribution in [3.63, 3.8) is 0 Å². The van der Waals surface area contributed by atoms with E-state index in [0.717, 1.165) is 0 Å². The van der Waals surface area contributed by atoms with Crippen molar-refractivity contribution < 1.29 is 14.7 Å². The van der Waals surface area contributed by atoms with Gasteiger partial charge in [0.15, 0.2) is 0 Å². The summed E-state index contributed by atoms with van der Waals surface area (Å²) in [7, 11) is 0. The van der Waals surface area contributed by atoms with Crippen LogP contribution < -0.4 is 10.9 Å². The lowest BCUT2D eigenvalue weighted by Gasteiger charge is -2.08. The Kier molecular flexibility index (Phi) is 4.79. The number of halogens is 1. The predicted molar refractivity (Wildman–Crippen MR) is 78.9 cm³/mol. The summed E-state index contributed by atoms with van der Waals surface area (Å²) in [6.07, 6.45) is 0.0555. The Morgan fingerprint density at radius 2 is 1.81 bits per heavy atom. The molecule has 0 aliphatic carbocycles. The lowest BCUT2D eigenvalue weighted by atomic mass is 10.1. The maximum atomic E-state index is 11.8. The predicted octanol–water partition coefficient (Wildman–Crippen LogP) is 2.05. The van der Waals surface area contributed by atoms with E-state index >= 15 is 0 Å². The minimum Gasteiger partial charge on any atom is -0.508 e. The molecule has 0 spiro atoms. The van der Waals surface area contributed by atoms with E-state index in [2.05, 4.69) is 10.9 Å². The molecule has 2 amide bonds. The van der Waals surface area contributed by atoms with Gasteiger partial charge in [0.2, 0.25) is 5.91 Å². The number of benzene rings is 2. The molecule has 0 saturated heterocycles. The Balaban J connectivity index is 1.90. The average Bonchev–Trinajstić information content (AvgIpc) is 2.47. The molecule has 3 N–H and O–H groups in total. The number of carbonyl (C=O) groups excluding carboxylic acids is 2. The van der Waals surface area contributed by atoms with E-state index in [4.69, 9.17) is 11.6 Å². The number of rotatable bonds is 3. The van der Waals surface area contributed by atoms with Crippen molar-refractivity contribution in [3.05, 3.63) is 64.7 Å². The van der Waals surface area contributed by atoms with Gasteiger partial charge in [0, 0.05) is 10.6 Å². The van der Waals surface area contributed by atoms with E-state index in [1.165, 1.54) is 24.3 Å². The average molecular weight is 305 g/mol. The monoisotopic (exact) mass is 304 g/mol. The van der Waals surface area contributed by atoms with E-state index in [9.17, 15) is 14.7 Å². The van der Waals surface area contributed by atoms with Gasteiger partial charge in [-0.15, -0.1) is 0 Å². The van der Waals surface area contributed by atoms with Crippen LogP contribution in [0.25, 0.3) is 0 Å². The maximum Gasteiger partial charge on any atom is 0.269 e. The lowest BCUT2D eigenvalue weighted by Crippen LogP contribution is -2.42. The van der Waals surface area contributed by atoms with Gasteiger partial charge in [-0.25, -0.2) is 0 Å². The lowest BCUT2D eigenvalue weighted by molar-refractivity contribution is -0.121. The number of phenolic OH excluding ortho intramolecular Hbond substituents is 1. The Morgan fingerprint density at radius 1 is 1.05 bits per heavy atom. The van der Waals surface area contributed by atoms with Crippen LogP contribution in [-0.2, 0) is 11.2 Å². The minimum absolute atomic E-state index is 0.0231. The molecular weight excluding hydrogens is 292 g/mol. The molecule has 0 aliphatic rings. The van der Waals surface area contributed by atoms with Crippen LogP contribution in [0.2, 0.25) is 5.02 Å². The second kappa shape index (κ2) is 6.76. The first-order chi connectivity index (χ1) is 10.1. The third kappa shape index (κ3) is 4.22. The van der Waals surface area contributed by atoms with Gasteiger partial charge in [-0.05, 0) is 29.8 Å². The smallest absolute Gasteiger partial charge is 0.269 e. The number of hydrazine groups is 1. The van der Waals surface area contributed by atoms with Crippen molar-refractivity contribution in [1.29, 1.82) is 0 Å². The fraction of sp³-hybridized carbons (Fsp3) is 0.0667. The summed E-state index contributed by atoms with van der Waals surface area (Å²) in [6, 6.07) is 12.8. The molecular formula is C15H13ClN2O3. The maximum absolute atomic E-state index is 11.8. The van der Waals surface area contributed by atoms with E-state index in [1.54, 1.807) is 24.3 Å². The molecule has 2 aromatic carbocycles. The fourth-order valence-electron chi connectivity index (χ4n) is 1.70. The first-order valence-corrected chi connectivity index (χ1v) is 6.55. The van der Waals surface area contributed by atoms with Crippen LogP contribution in [0.4, 0.5) is 0 Å². The molecule has 21 heavy (non-hydrogen) atoms. The van der Waals surface area contributed by atoms with Crippen molar-refractivity contribution >= 4 is 23.4 Å². The third-order valence-corrected chi connectivity index (χ3v) is 3.10. The molecule has 0 bridgehead atoms. The molecule has 0 aliphatic heterocycles. The van der Waals surface area contributed by atoms with E-state index in [-0.39, 0.29) is 17.7 Å². The molecule has 0 saturated carbocycles. The molecule has 108 valence electrons. The van der Waals surface area contributed by atoms with Crippen LogP contribution in [-0.4, -0.2) is 16.9 Å². The Labute approximate surface area is 126 Å². The highest BCUT2D eigenvalue weighted by Crippen LogP contribution is 2.15. The fourth-order valence-corrected chi connectivity index (χ4v) is 1.91. The number of hydrogen-bond acceptors (Lipinski definition) is 3. The van der Waals surface area contributed by atoms with Crippen LogP contribution in [0.1, 0.15) is 15.9 Å². The summed E-state index contributed by atoms with van der Waals surface area (Å²) in [5.41, 5.74) is 5.48. The van der Waals surface area contributed by atoms with E-state index in [1.807, 2.05) is 0 Å². The summed E-state index contributed by atoms with van der Waals surface area (Å²) in [4.78, 5) is 23.5. The summed E-state index contributed by atoms with van der Waals surface area (Å²) in [5.74, 6) is -0.931. The number of phenols is 1. The van der Waals surface area contributed by atoms with Crippen molar-refractivity contribution in [2.75, 3.05) is 0 Å². The van der Waals surface area contributed by atoms with Crippen molar-refractivity contribution in [2.24, 2.45) is 0 Å². The van der Waals surface area contributed by atoms with Gasteiger partial charge in [0.25, 0.3) is 5.91 Å². The van der Waals surface area contributed by atoms with Gasteiger partial charge in [-0.1, -0.05) is 35.9 Å². The van der Waals surface area contributed by atoms with Crippen LogP contribution in [0.3, 0.4) is 0 Å². The standard InChI is InChI=1S/C15H13ClN2O3/c16-13-7-2-1-4-10(13)9-14(20)17-18-15(21)11-5-3-6-12(19)8-11/h1-8,19H,9H2,(H,17,20)(H,18,21). The molecule has 0 unspecified atom stereocenters. The van der Waals surface area contributed by atoms with Crippen LogP contribution in [0.15, 0.2) is 48.5 Å². The Bertz CT molecular complexity index is 673. The number of amides is 2. The SMILES string of the molecule is O=C(Cc1ccccc1Cl)NNC(=O)c1cccc(O)c1. The van der Waals surface area contributed by atoms with E-state index in [0.29, 0.717) is 10.6 Å². The van der Waals surface area contributed by atoms with Gasteiger partial charge < -0.3 is 5.11 Å². The number of aromatic hydroxyl groups is 1. The molecule has 0 fully saturated rings. The molecule has 5 nitrogen and oxygen atoms in total. The zero-order valence-corrected chi connectivity index (χ0v) is 11.7. The molecule has 2 aromatic rings. The van der Waals surface area contributed by atoms with Gasteiger partial charge in [-0.2, -0.15) is 0 Å². The van der Waals surface area contributed by atoms with Crippen LogP contribution in [0.5, 0.6) is 5.75 Å². The number of nitrogens with one attached hydrogen (secondary N) is 2. The molecule has 0 heterocycles. The normalized spacial score (nSPS) is 9.95. The van der Waals surface area contributed by atoms with Gasteiger partial charge in [0.1, 0.15) is 5.75 Å². The first kappa shape index (κ1) is 14.9. The second-order valence-electron chi connectivity index (χ2n) is 4.32. The van der Waals surface area contributed by atoms with Gasteiger partial charge >= 0.3 is 0 Å². The number of carbonyl (C=O) groups is 2. The highest BCUT2D eigenvalue weighted by Gasteiger charge is 2.09. The summed E-state index contributed by atoms with van der Waals surface area (Å²) in [5, 5.41) is 9.78. The zero-order chi connectivity index (χ0) is 15.2. The minimum atomic E-state index is -0.515. The van der Waals surface area contributed by atoms with E-state index < -0.39 is 11.8 Å². The quantitative estimate of drug-likeness (QED) is 0.759. The Hall–Kier alpha value is -2.53. The van der Waals surface area contributed by atoms with Crippen molar-refractivity contribution in [2.45, 2.75) is 6.42 Å². The molecule has 0 atom stereocenters. The van der Waals surface area contributed by atoms with Crippen LogP contribution >= 0.6 is 11.6 Å². The first-order valence-electron chi connectivity index (χ1n) is 6.18. The van der Waals surface area contributed by atoms with Crippen molar-refractivity contribution in [3.8, 4) is 5.75 Å². The second-order valence-corrected chi connectivity index (χ2v) is 4.73. The van der Waals surface area contributed by atoms with Crippen LogP contribution in [0, 0.1) is 0 Å². The van der Waals surface area contributed by atoms with Crippen molar-refractivity contribution in [1.82, 2.24) is 10.9 Å². The largest absolute Gasteiger partial charge is 0.508 e. The summed E-state index contributed by atoms with van der Waals surface area (Å²) >= 11 is 5.95. The van der Waals surface area contributed by atoms with Gasteiger partial charge in [-0.3, -0.25) is 20.4 Å². The highest BCUT2D eigenvalue weighted by atomic mass is 35.5. The zero-order valence-electron chi connectivity index (χ0n) is 11.0. The third-order valence-electron chi connectivity index (χ3n) is 2.73. The molecule has 2 rings (SSSR count). The summed E-state index contributed by atoms with van der Waals surface area (Å²) in [6.45, 7) is 0. The molecule has 0 radical (unpaired) electrons. The summed E-state index contributed by atoms with van der Waals surface area (Å²) < 4.78 is 0.